The Morgan fingerprint density at radius 3 is 2.46 bits per heavy atom. The molecule has 3 heterocycles. The molecule has 3 N–H and O–H groups in total. The number of piperidine rings is 1. The zero-order valence-electron chi connectivity index (χ0n) is 24.3. The first-order valence-electron chi connectivity index (χ1n) is 14.7. The summed E-state index contributed by atoms with van der Waals surface area (Å²) < 4.78 is 11.4. The van der Waals surface area contributed by atoms with Crippen LogP contribution in [0.2, 0.25) is 0 Å². The highest BCUT2D eigenvalue weighted by Gasteiger charge is 2.36. The van der Waals surface area contributed by atoms with Crippen LogP contribution in [0.15, 0.2) is 12.3 Å². The van der Waals surface area contributed by atoms with Gasteiger partial charge in [0.1, 0.15) is 12.2 Å². The summed E-state index contributed by atoms with van der Waals surface area (Å²) in [6, 6.07) is 2.12. The molecule has 0 radical (unpaired) electrons. The highest BCUT2D eigenvalue weighted by Crippen LogP contribution is 2.31. The zero-order chi connectivity index (χ0) is 28.0. The Hall–Kier alpha value is -2.75. The van der Waals surface area contributed by atoms with Crippen LogP contribution in [-0.2, 0) is 9.53 Å². The van der Waals surface area contributed by atoms with Crippen LogP contribution < -0.4 is 15.8 Å². The summed E-state index contributed by atoms with van der Waals surface area (Å²) in [6.07, 6.45) is 8.68. The number of aromatic nitrogens is 1. The molecule has 10 heteroatoms. The van der Waals surface area contributed by atoms with Gasteiger partial charge in [0.05, 0.1) is 17.6 Å². The first-order chi connectivity index (χ1) is 18.6. The third-order valence-corrected chi connectivity index (χ3v) is 8.01. The second-order valence-corrected chi connectivity index (χ2v) is 12.4. The van der Waals surface area contributed by atoms with Crippen LogP contribution in [0.3, 0.4) is 0 Å². The molecule has 2 aliphatic heterocycles. The molecule has 2 amide bonds. The van der Waals surface area contributed by atoms with E-state index in [2.05, 4.69) is 15.2 Å². The summed E-state index contributed by atoms with van der Waals surface area (Å²) in [7, 11) is 0. The number of nitrogens with two attached hydrogens (primary N) is 1. The highest BCUT2D eigenvalue weighted by molar-refractivity contribution is 5.80. The molecule has 39 heavy (non-hydrogen) atoms. The van der Waals surface area contributed by atoms with Crippen molar-refractivity contribution >= 4 is 23.4 Å². The summed E-state index contributed by atoms with van der Waals surface area (Å²) in [5, 5.41) is 3.58. The van der Waals surface area contributed by atoms with Crippen LogP contribution in [0, 0.1) is 5.92 Å². The lowest BCUT2D eigenvalue weighted by atomic mass is 9.84. The van der Waals surface area contributed by atoms with Gasteiger partial charge in [-0.05, 0) is 79.3 Å². The van der Waals surface area contributed by atoms with Crippen molar-refractivity contribution in [2.24, 2.45) is 5.92 Å². The summed E-state index contributed by atoms with van der Waals surface area (Å²) in [4.78, 5) is 36.3. The Labute approximate surface area is 233 Å². The molecule has 0 aromatic carbocycles. The molecule has 3 aliphatic rings. The number of nitrogens with zero attached hydrogens (tertiary/aromatic N) is 4. The molecule has 0 bridgehead atoms. The quantitative estimate of drug-likeness (QED) is 0.530. The minimum Gasteiger partial charge on any atom is -0.476 e. The largest absolute Gasteiger partial charge is 0.476 e. The summed E-state index contributed by atoms with van der Waals surface area (Å²) in [5.41, 5.74) is 7.15. The second-order valence-electron chi connectivity index (χ2n) is 12.4. The van der Waals surface area contributed by atoms with E-state index in [0.29, 0.717) is 37.8 Å². The number of likely N-dealkylation sites (tertiary alicyclic amines) is 1. The number of anilines is 2. The Bertz CT molecular complexity index is 969. The molecule has 1 aromatic heterocycles. The first kappa shape index (κ1) is 29.2. The van der Waals surface area contributed by atoms with Crippen molar-refractivity contribution in [1.82, 2.24) is 19.7 Å². The Morgan fingerprint density at radius 1 is 1.08 bits per heavy atom. The number of piperazine rings is 1. The van der Waals surface area contributed by atoms with Gasteiger partial charge in [-0.1, -0.05) is 6.42 Å². The molecule has 1 aliphatic carbocycles. The number of hydrogen-bond acceptors (Lipinski definition) is 8. The Morgan fingerprint density at radius 2 is 1.79 bits per heavy atom. The third kappa shape index (κ3) is 8.37. The number of hydrogen-bond donors (Lipinski definition) is 2. The fraction of sp³-hybridized carbons (Fsp3) is 0.759. The van der Waals surface area contributed by atoms with E-state index < -0.39 is 5.60 Å². The summed E-state index contributed by atoms with van der Waals surface area (Å²) >= 11 is 0. The molecular weight excluding hydrogens is 496 g/mol. The third-order valence-electron chi connectivity index (χ3n) is 8.01. The van der Waals surface area contributed by atoms with E-state index in [9.17, 15) is 9.59 Å². The lowest BCUT2D eigenvalue weighted by Crippen LogP contribution is -2.57. The molecular formula is C29H48N6O4. The van der Waals surface area contributed by atoms with Crippen LogP contribution in [0.25, 0.3) is 0 Å². The van der Waals surface area contributed by atoms with Gasteiger partial charge in [0.25, 0.3) is 0 Å². The maximum absolute atomic E-state index is 13.4. The van der Waals surface area contributed by atoms with Crippen molar-refractivity contribution in [2.45, 2.75) is 90.3 Å². The molecule has 1 aromatic rings. The molecule has 3 fully saturated rings. The van der Waals surface area contributed by atoms with Gasteiger partial charge in [-0.25, -0.2) is 9.78 Å². The summed E-state index contributed by atoms with van der Waals surface area (Å²) in [6.45, 7) is 13.0. The van der Waals surface area contributed by atoms with E-state index in [1.54, 1.807) is 11.1 Å². The fourth-order valence-electron chi connectivity index (χ4n) is 5.83. The number of carbonyl (C=O) groups is 2. The number of amides is 2. The van der Waals surface area contributed by atoms with Crippen LogP contribution in [0.4, 0.5) is 16.2 Å². The lowest BCUT2D eigenvalue weighted by molar-refractivity contribution is -0.141. The standard InChI is InChI=1S/C29H48N6O4/c1-21-20-34(28(37)39-29(2,3)4)14-15-35(21)27(36)22-8-10-23(11-9-22)32-25-18-26(31-19-24(25)30)38-17-16-33-12-6-5-7-13-33/h18-19,21-23H,5-17,20,30H2,1-4H3,(H,31,32). The molecule has 0 spiro atoms. The van der Waals surface area contributed by atoms with E-state index in [4.69, 9.17) is 15.2 Å². The molecule has 4 rings (SSSR count). The number of carbonyl (C=O) groups excluding carboxylic acids is 2. The van der Waals surface area contributed by atoms with Crippen molar-refractivity contribution in [3.63, 3.8) is 0 Å². The van der Waals surface area contributed by atoms with Crippen LogP contribution in [-0.4, -0.2) is 95.2 Å². The maximum atomic E-state index is 13.4. The van der Waals surface area contributed by atoms with Crippen molar-refractivity contribution in [3.05, 3.63) is 12.3 Å². The second kappa shape index (κ2) is 13.1. The predicted octanol–water partition coefficient (Wildman–Crippen LogP) is 3.97. The average Bonchev–Trinajstić information content (AvgIpc) is 2.90. The first-order valence-corrected chi connectivity index (χ1v) is 14.7. The van der Waals surface area contributed by atoms with Gasteiger partial charge in [-0.15, -0.1) is 0 Å². The van der Waals surface area contributed by atoms with Gasteiger partial charge in [0.2, 0.25) is 11.8 Å². The van der Waals surface area contributed by atoms with E-state index in [1.807, 2.05) is 38.7 Å². The Kier molecular flexibility index (Phi) is 9.80. The van der Waals surface area contributed by atoms with E-state index in [-0.39, 0.29) is 30.0 Å². The lowest BCUT2D eigenvalue weighted by Gasteiger charge is -2.42. The summed E-state index contributed by atoms with van der Waals surface area (Å²) in [5.74, 6) is 0.812. The van der Waals surface area contributed by atoms with E-state index in [1.165, 1.54) is 19.3 Å². The maximum Gasteiger partial charge on any atom is 0.410 e. The van der Waals surface area contributed by atoms with Crippen molar-refractivity contribution < 1.29 is 19.1 Å². The van der Waals surface area contributed by atoms with Crippen LogP contribution in [0.5, 0.6) is 5.88 Å². The average molecular weight is 545 g/mol. The number of pyridine rings is 1. The minimum absolute atomic E-state index is 0.0158. The zero-order valence-corrected chi connectivity index (χ0v) is 24.3. The van der Waals surface area contributed by atoms with Gasteiger partial charge < -0.3 is 30.3 Å². The van der Waals surface area contributed by atoms with Gasteiger partial charge in [0, 0.05) is 50.2 Å². The molecule has 218 valence electrons. The normalized spacial score (nSPS) is 24.8. The molecule has 1 unspecified atom stereocenters. The van der Waals surface area contributed by atoms with Crippen LogP contribution in [0.1, 0.15) is 72.6 Å². The number of ether oxygens (including phenoxy) is 2. The molecule has 10 nitrogen and oxygen atoms in total. The fourth-order valence-corrected chi connectivity index (χ4v) is 5.83. The smallest absolute Gasteiger partial charge is 0.410 e. The topological polar surface area (TPSA) is 113 Å². The van der Waals surface area contributed by atoms with Gasteiger partial charge in [0.15, 0.2) is 0 Å². The van der Waals surface area contributed by atoms with Crippen molar-refractivity contribution in [3.8, 4) is 5.88 Å². The predicted molar refractivity (Wildman–Crippen MR) is 153 cm³/mol. The number of nitrogens with one attached hydrogen (secondary N) is 1. The monoisotopic (exact) mass is 544 g/mol. The minimum atomic E-state index is -0.525. The van der Waals surface area contributed by atoms with Gasteiger partial charge in [-0.3, -0.25) is 9.69 Å². The SMILES string of the molecule is CC1CN(C(=O)OC(C)(C)C)CCN1C(=O)C1CCC(Nc2cc(OCCN3CCCCC3)ncc2N)CC1. The molecule has 1 atom stereocenters. The molecule has 1 saturated carbocycles. The number of rotatable bonds is 7. The number of nitrogen functional groups attached to an aromatic ring is 1. The van der Waals surface area contributed by atoms with Crippen molar-refractivity contribution in [1.29, 1.82) is 0 Å². The highest BCUT2D eigenvalue weighted by atomic mass is 16.6. The van der Waals surface area contributed by atoms with Gasteiger partial charge >= 0.3 is 6.09 Å². The Balaban J connectivity index is 1.22. The van der Waals surface area contributed by atoms with Gasteiger partial charge in [-0.2, -0.15) is 0 Å². The van der Waals surface area contributed by atoms with Crippen LogP contribution >= 0.6 is 0 Å². The van der Waals surface area contributed by atoms with Crippen molar-refractivity contribution in [2.75, 3.05) is 56.9 Å². The van der Waals surface area contributed by atoms with E-state index in [0.717, 1.165) is 51.0 Å². The van der Waals surface area contributed by atoms with E-state index >= 15 is 0 Å². The molecule has 2 saturated heterocycles.